The minimum Gasteiger partial charge on any atom is -0.314 e. The third-order valence-electron chi connectivity index (χ3n) is 5.67. The Labute approximate surface area is 156 Å². The summed E-state index contributed by atoms with van der Waals surface area (Å²) in [5.41, 5.74) is 4.05. The molecule has 1 heterocycles. The van der Waals surface area contributed by atoms with E-state index in [-0.39, 0.29) is 11.6 Å². The number of hydrogen-bond acceptors (Lipinski definition) is 1. The van der Waals surface area contributed by atoms with Crippen molar-refractivity contribution in [2.45, 2.75) is 46.1 Å². The van der Waals surface area contributed by atoms with Crippen molar-refractivity contribution in [1.29, 1.82) is 0 Å². The van der Waals surface area contributed by atoms with Gasteiger partial charge in [0.25, 0.3) is 0 Å². The SMILES string of the molecule is Cc1cc(F)cc(C)c1CC(=O)C[N+]1(Cc2ccccc2)CCCCC1. The number of quaternary nitrogens is 1. The van der Waals surface area contributed by atoms with Crippen molar-refractivity contribution in [2.24, 2.45) is 0 Å². The molecule has 2 aromatic carbocycles. The van der Waals surface area contributed by atoms with Gasteiger partial charge in [-0.2, -0.15) is 0 Å². The first-order chi connectivity index (χ1) is 12.5. The summed E-state index contributed by atoms with van der Waals surface area (Å²) in [6.45, 7) is 7.44. The first kappa shape index (κ1) is 18.8. The van der Waals surface area contributed by atoms with Crippen molar-refractivity contribution in [3.05, 3.63) is 70.5 Å². The summed E-state index contributed by atoms with van der Waals surface area (Å²) in [4.78, 5) is 13.0. The number of ketones is 1. The summed E-state index contributed by atoms with van der Waals surface area (Å²) >= 11 is 0. The third kappa shape index (κ3) is 4.59. The average Bonchev–Trinajstić information content (AvgIpc) is 2.59. The number of rotatable bonds is 6. The lowest BCUT2D eigenvalue weighted by Gasteiger charge is -2.41. The van der Waals surface area contributed by atoms with Crippen molar-refractivity contribution < 1.29 is 13.7 Å². The Balaban J connectivity index is 1.76. The molecule has 0 bridgehead atoms. The normalized spacial score (nSPS) is 16.4. The summed E-state index contributed by atoms with van der Waals surface area (Å²) in [6.07, 6.45) is 4.05. The molecule has 0 N–H and O–H groups in total. The lowest BCUT2D eigenvalue weighted by molar-refractivity contribution is -0.937. The van der Waals surface area contributed by atoms with E-state index in [0.29, 0.717) is 13.0 Å². The van der Waals surface area contributed by atoms with Crippen molar-refractivity contribution in [3.63, 3.8) is 0 Å². The minimum absolute atomic E-state index is 0.222. The monoisotopic (exact) mass is 354 g/mol. The van der Waals surface area contributed by atoms with Crippen LogP contribution in [0.4, 0.5) is 4.39 Å². The van der Waals surface area contributed by atoms with E-state index >= 15 is 0 Å². The van der Waals surface area contributed by atoms with Gasteiger partial charge in [-0.3, -0.25) is 4.79 Å². The Hall–Kier alpha value is -2.00. The van der Waals surface area contributed by atoms with Crippen LogP contribution in [0.1, 0.15) is 41.5 Å². The van der Waals surface area contributed by atoms with Crippen LogP contribution in [0, 0.1) is 19.7 Å². The van der Waals surface area contributed by atoms with Crippen LogP contribution in [-0.4, -0.2) is 29.9 Å². The molecule has 0 aromatic heterocycles. The van der Waals surface area contributed by atoms with Gasteiger partial charge in [-0.15, -0.1) is 0 Å². The van der Waals surface area contributed by atoms with Crippen LogP contribution in [0.25, 0.3) is 0 Å². The van der Waals surface area contributed by atoms with Gasteiger partial charge in [0.15, 0.2) is 5.78 Å². The maximum absolute atomic E-state index is 13.5. The Bertz CT molecular complexity index is 740. The Morgan fingerprint density at radius 2 is 1.62 bits per heavy atom. The maximum atomic E-state index is 13.5. The number of aryl methyl sites for hydroxylation is 2. The van der Waals surface area contributed by atoms with E-state index in [4.69, 9.17) is 0 Å². The smallest absolute Gasteiger partial charge is 0.191 e. The predicted octanol–water partition coefficient (Wildman–Crippen LogP) is 4.76. The molecule has 1 aliphatic rings. The minimum atomic E-state index is -0.222. The third-order valence-corrected chi connectivity index (χ3v) is 5.67. The van der Waals surface area contributed by atoms with Gasteiger partial charge in [0.1, 0.15) is 18.9 Å². The maximum Gasteiger partial charge on any atom is 0.191 e. The van der Waals surface area contributed by atoms with E-state index in [2.05, 4.69) is 24.3 Å². The quantitative estimate of drug-likeness (QED) is 0.684. The number of hydrogen-bond donors (Lipinski definition) is 0. The molecule has 2 nitrogen and oxygen atoms in total. The molecular weight excluding hydrogens is 325 g/mol. The molecule has 0 unspecified atom stereocenters. The summed E-state index contributed by atoms with van der Waals surface area (Å²) < 4.78 is 14.4. The van der Waals surface area contributed by atoms with E-state index < -0.39 is 0 Å². The number of nitrogens with zero attached hydrogens (tertiary/aromatic N) is 1. The zero-order chi connectivity index (χ0) is 18.6. The Kier molecular flexibility index (Phi) is 5.87. The van der Waals surface area contributed by atoms with Gasteiger partial charge in [0.05, 0.1) is 13.1 Å². The number of carbonyl (C=O) groups excluding carboxylic acids is 1. The molecule has 0 aliphatic carbocycles. The van der Waals surface area contributed by atoms with Crippen molar-refractivity contribution >= 4 is 5.78 Å². The first-order valence-electron chi connectivity index (χ1n) is 9.64. The van der Waals surface area contributed by atoms with Gasteiger partial charge in [0, 0.05) is 12.0 Å². The van der Waals surface area contributed by atoms with Gasteiger partial charge >= 0.3 is 0 Å². The van der Waals surface area contributed by atoms with Crippen LogP contribution in [0.3, 0.4) is 0 Å². The zero-order valence-electron chi connectivity index (χ0n) is 15.9. The molecule has 0 amide bonds. The number of halogens is 1. The lowest BCUT2D eigenvalue weighted by Crippen LogP contribution is -2.53. The van der Waals surface area contributed by atoms with Gasteiger partial charge in [-0.1, -0.05) is 30.3 Å². The topological polar surface area (TPSA) is 17.1 Å². The number of likely N-dealkylation sites (tertiary alicyclic amines) is 1. The number of piperidine rings is 1. The van der Waals surface area contributed by atoms with Crippen molar-refractivity contribution in [1.82, 2.24) is 0 Å². The van der Waals surface area contributed by atoms with Gasteiger partial charge < -0.3 is 4.48 Å². The van der Waals surface area contributed by atoms with Crippen molar-refractivity contribution in [2.75, 3.05) is 19.6 Å². The molecule has 0 saturated carbocycles. The fourth-order valence-electron chi connectivity index (χ4n) is 4.37. The Morgan fingerprint density at radius 3 is 2.23 bits per heavy atom. The van der Waals surface area contributed by atoms with Crippen LogP contribution in [0.2, 0.25) is 0 Å². The first-order valence-corrected chi connectivity index (χ1v) is 9.64. The highest BCUT2D eigenvalue weighted by Gasteiger charge is 2.32. The van der Waals surface area contributed by atoms with Crippen LogP contribution >= 0.6 is 0 Å². The van der Waals surface area contributed by atoms with Crippen LogP contribution in [0.15, 0.2) is 42.5 Å². The molecular formula is C23H29FNO+. The highest BCUT2D eigenvalue weighted by Crippen LogP contribution is 2.24. The molecule has 26 heavy (non-hydrogen) atoms. The van der Waals surface area contributed by atoms with E-state index in [1.54, 1.807) is 0 Å². The molecule has 3 heteroatoms. The number of carbonyl (C=O) groups is 1. The van der Waals surface area contributed by atoms with Crippen molar-refractivity contribution in [3.8, 4) is 0 Å². The second-order valence-corrected chi connectivity index (χ2v) is 7.88. The molecule has 0 atom stereocenters. The molecule has 1 aliphatic heterocycles. The predicted molar refractivity (Wildman–Crippen MR) is 103 cm³/mol. The summed E-state index contributed by atoms with van der Waals surface area (Å²) in [5.74, 6) is 0.0421. The summed E-state index contributed by atoms with van der Waals surface area (Å²) in [6, 6.07) is 13.6. The van der Waals surface area contributed by atoms with E-state index in [0.717, 1.165) is 40.8 Å². The molecule has 138 valence electrons. The fourth-order valence-corrected chi connectivity index (χ4v) is 4.37. The highest BCUT2D eigenvalue weighted by atomic mass is 19.1. The molecule has 3 rings (SSSR count). The van der Waals surface area contributed by atoms with Gasteiger partial charge in [0.2, 0.25) is 0 Å². The van der Waals surface area contributed by atoms with E-state index in [9.17, 15) is 9.18 Å². The lowest BCUT2D eigenvalue weighted by atomic mass is 9.96. The summed E-state index contributed by atoms with van der Waals surface area (Å²) in [5, 5.41) is 0. The van der Waals surface area contributed by atoms with E-state index in [1.165, 1.54) is 37.0 Å². The largest absolute Gasteiger partial charge is 0.314 e. The molecule has 0 radical (unpaired) electrons. The second kappa shape index (κ2) is 8.13. The molecule has 2 aromatic rings. The molecule has 0 spiro atoms. The zero-order valence-corrected chi connectivity index (χ0v) is 15.9. The number of Topliss-reactive ketones (excluding diaryl/α,β-unsaturated/α-hetero) is 1. The average molecular weight is 354 g/mol. The summed E-state index contributed by atoms with van der Waals surface area (Å²) in [7, 11) is 0. The van der Waals surface area contributed by atoms with Gasteiger partial charge in [-0.25, -0.2) is 4.39 Å². The fraction of sp³-hybridized carbons (Fsp3) is 0.435. The standard InChI is InChI=1S/C23H29FNO/c1-18-13-21(24)14-19(2)23(18)15-22(26)17-25(11-7-4-8-12-25)16-20-9-5-3-6-10-20/h3,5-6,9-10,13-14H,4,7-8,11-12,15-17H2,1-2H3/q+1. The Morgan fingerprint density at radius 1 is 1.00 bits per heavy atom. The van der Waals surface area contributed by atoms with Gasteiger partial charge in [-0.05, 0) is 61.9 Å². The highest BCUT2D eigenvalue weighted by molar-refractivity contribution is 5.82. The van der Waals surface area contributed by atoms with E-state index in [1.807, 2.05) is 19.9 Å². The molecule has 1 fully saturated rings. The number of benzene rings is 2. The second-order valence-electron chi connectivity index (χ2n) is 7.88. The molecule has 1 saturated heterocycles. The van der Waals surface area contributed by atoms with Crippen LogP contribution in [0.5, 0.6) is 0 Å². The van der Waals surface area contributed by atoms with Crippen LogP contribution < -0.4 is 0 Å². The van der Waals surface area contributed by atoms with Crippen LogP contribution in [-0.2, 0) is 17.8 Å².